The van der Waals surface area contributed by atoms with Gasteiger partial charge in [-0.05, 0) is 30.3 Å². The van der Waals surface area contributed by atoms with Crippen LogP contribution in [0.1, 0.15) is 11.4 Å². The standard InChI is InChI=1S/C20H18F3N5O3/c1-27-18(30)13-4-2-3-5-16(13)28-17(25-26-19(27)28)11-24-15-7-6-12(31-9-8-29)10-14(15)20(21,22)23/h2-7,10,24,29H,8-9,11H2,1H3. The molecule has 2 aromatic carbocycles. The molecule has 0 aliphatic carbocycles. The summed E-state index contributed by atoms with van der Waals surface area (Å²) in [6, 6.07) is 10.4. The number of anilines is 1. The first-order valence-corrected chi connectivity index (χ1v) is 9.32. The summed E-state index contributed by atoms with van der Waals surface area (Å²) in [4.78, 5) is 12.5. The van der Waals surface area contributed by atoms with Gasteiger partial charge in [0.05, 0.1) is 29.6 Å². The molecule has 0 bridgehead atoms. The molecule has 0 aliphatic heterocycles. The molecule has 162 valence electrons. The van der Waals surface area contributed by atoms with Crippen LogP contribution in [0, 0.1) is 0 Å². The van der Waals surface area contributed by atoms with E-state index < -0.39 is 11.7 Å². The Morgan fingerprint density at radius 2 is 1.94 bits per heavy atom. The molecule has 2 aromatic heterocycles. The SMILES string of the molecule is Cn1c(=O)c2ccccc2n2c(CNc3ccc(OCCO)cc3C(F)(F)F)nnc12. The fourth-order valence-electron chi connectivity index (χ4n) is 3.35. The number of aliphatic hydroxyl groups is 1. The summed E-state index contributed by atoms with van der Waals surface area (Å²) in [7, 11) is 1.56. The van der Waals surface area contributed by atoms with E-state index in [0.717, 1.165) is 6.07 Å². The summed E-state index contributed by atoms with van der Waals surface area (Å²) in [5, 5.41) is 20.1. The van der Waals surface area contributed by atoms with Gasteiger partial charge in [0.1, 0.15) is 12.4 Å². The first-order valence-electron chi connectivity index (χ1n) is 9.32. The van der Waals surface area contributed by atoms with Gasteiger partial charge < -0.3 is 15.2 Å². The predicted octanol–water partition coefficient (Wildman–Crippen LogP) is 2.58. The smallest absolute Gasteiger partial charge is 0.418 e. The van der Waals surface area contributed by atoms with Crippen LogP contribution in [0.5, 0.6) is 5.75 Å². The second-order valence-corrected chi connectivity index (χ2v) is 6.76. The zero-order chi connectivity index (χ0) is 22.2. The lowest BCUT2D eigenvalue weighted by Gasteiger charge is -2.16. The molecule has 0 aliphatic rings. The molecular weight excluding hydrogens is 415 g/mol. The maximum absolute atomic E-state index is 13.6. The van der Waals surface area contributed by atoms with Gasteiger partial charge in [0.2, 0.25) is 5.78 Å². The van der Waals surface area contributed by atoms with Gasteiger partial charge in [0, 0.05) is 12.7 Å². The maximum Gasteiger partial charge on any atom is 0.418 e. The first kappa shape index (κ1) is 20.7. The number of aryl methyl sites for hydroxylation is 1. The third-order valence-corrected chi connectivity index (χ3v) is 4.79. The van der Waals surface area contributed by atoms with E-state index in [1.807, 2.05) is 0 Å². The Kier molecular flexibility index (Phi) is 5.27. The highest BCUT2D eigenvalue weighted by Gasteiger charge is 2.34. The highest BCUT2D eigenvalue weighted by Crippen LogP contribution is 2.37. The third-order valence-electron chi connectivity index (χ3n) is 4.79. The molecule has 2 N–H and O–H groups in total. The molecule has 0 fully saturated rings. The van der Waals surface area contributed by atoms with Crippen molar-refractivity contribution in [3.05, 3.63) is 64.2 Å². The molecule has 0 saturated heterocycles. The fourth-order valence-corrected chi connectivity index (χ4v) is 3.35. The summed E-state index contributed by atoms with van der Waals surface area (Å²) in [6.45, 7) is -0.483. The van der Waals surface area contributed by atoms with Crippen molar-refractivity contribution in [3.8, 4) is 5.75 Å². The molecule has 0 saturated carbocycles. The van der Waals surface area contributed by atoms with Crippen LogP contribution in [0.15, 0.2) is 47.3 Å². The highest BCUT2D eigenvalue weighted by molar-refractivity contribution is 5.80. The minimum absolute atomic E-state index is 0.000784. The number of nitrogens with one attached hydrogen (secondary N) is 1. The number of benzene rings is 2. The van der Waals surface area contributed by atoms with E-state index in [2.05, 4.69) is 15.5 Å². The Hall–Kier alpha value is -3.60. The molecule has 31 heavy (non-hydrogen) atoms. The average molecular weight is 433 g/mol. The van der Waals surface area contributed by atoms with Gasteiger partial charge in [-0.1, -0.05) is 12.1 Å². The molecule has 0 unspecified atom stereocenters. The lowest BCUT2D eigenvalue weighted by atomic mass is 10.1. The normalized spacial score (nSPS) is 11.9. The zero-order valence-corrected chi connectivity index (χ0v) is 16.3. The van der Waals surface area contributed by atoms with Crippen molar-refractivity contribution < 1.29 is 23.0 Å². The van der Waals surface area contributed by atoms with Gasteiger partial charge in [0.25, 0.3) is 5.56 Å². The van der Waals surface area contributed by atoms with Crippen molar-refractivity contribution >= 4 is 22.4 Å². The molecule has 2 heterocycles. The number of nitrogens with zero attached hydrogens (tertiary/aromatic N) is 4. The Bertz CT molecular complexity index is 1310. The number of hydrogen-bond acceptors (Lipinski definition) is 6. The number of rotatable bonds is 6. The molecule has 4 rings (SSSR count). The summed E-state index contributed by atoms with van der Waals surface area (Å²) < 4.78 is 48.7. The minimum Gasteiger partial charge on any atom is -0.491 e. The van der Waals surface area contributed by atoms with Crippen LogP contribution in [-0.4, -0.2) is 37.5 Å². The van der Waals surface area contributed by atoms with Crippen LogP contribution < -0.4 is 15.6 Å². The number of hydrogen-bond donors (Lipinski definition) is 2. The molecule has 0 spiro atoms. The molecule has 0 amide bonds. The Morgan fingerprint density at radius 1 is 1.16 bits per heavy atom. The lowest BCUT2D eigenvalue weighted by Crippen LogP contribution is -2.20. The van der Waals surface area contributed by atoms with Gasteiger partial charge in [-0.3, -0.25) is 13.8 Å². The molecular formula is C20H18F3N5O3. The molecule has 0 atom stereocenters. The molecule has 11 heteroatoms. The molecule has 0 radical (unpaired) electrons. The van der Waals surface area contributed by atoms with Crippen LogP contribution in [-0.2, 0) is 19.8 Å². The van der Waals surface area contributed by atoms with Gasteiger partial charge in [-0.25, -0.2) is 0 Å². The topological polar surface area (TPSA) is 93.7 Å². The second-order valence-electron chi connectivity index (χ2n) is 6.76. The van der Waals surface area contributed by atoms with Gasteiger partial charge >= 0.3 is 6.18 Å². The van der Waals surface area contributed by atoms with Gasteiger partial charge in [-0.15, -0.1) is 10.2 Å². The number of para-hydroxylation sites is 1. The number of ether oxygens (including phenoxy) is 1. The van der Waals surface area contributed by atoms with E-state index in [1.165, 1.54) is 16.7 Å². The van der Waals surface area contributed by atoms with E-state index in [-0.39, 0.29) is 42.5 Å². The number of aromatic nitrogens is 4. The summed E-state index contributed by atoms with van der Waals surface area (Å²) in [6.07, 6.45) is -4.62. The first-order chi connectivity index (χ1) is 14.8. The maximum atomic E-state index is 13.6. The van der Waals surface area contributed by atoms with Crippen molar-refractivity contribution in [2.45, 2.75) is 12.7 Å². The van der Waals surface area contributed by atoms with Crippen LogP contribution in [0.4, 0.5) is 18.9 Å². The van der Waals surface area contributed by atoms with Crippen molar-refractivity contribution in [1.82, 2.24) is 19.2 Å². The number of fused-ring (bicyclic) bond motifs is 3. The van der Waals surface area contributed by atoms with Gasteiger partial charge in [-0.2, -0.15) is 13.2 Å². The Labute approximate surface area is 173 Å². The van der Waals surface area contributed by atoms with Gasteiger partial charge in [0.15, 0.2) is 5.82 Å². The van der Waals surface area contributed by atoms with E-state index in [4.69, 9.17) is 9.84 Å². The van der Waals surface area contributed by atoms with E-state index in [1.54, 1.807) is 35.7 Å². The van der Waals surface area contributed by atoms with Crippen molar-refractivity contribution in [1.29, 1.82) is 0 Å². The lowest BCUT2D eigenvalue weighted by molar-refractivity contribution is -0.137. The van der Waals surface area contributed by atoms with Crippen LogP contribution in [0.25, 0.3) is 16.7 Å². The zero-order valence-electron chi connectivity index (χ0n) is 16.3. The number of alkyl halides is 3. The van der Waals surface area contributed by atoms with E-state index in [0.29, 0.717) is 16.7 Å². The van der Waals surface area contributed by atoms with Crippen LogP contribution in [0.3, 0.4) is 0 Å². The Morgan fingerprint density at radius 3 is 2.68 bits per heavy atom. The van der Waals surface area contributed by atoms with Crippen molar-refractivity contribution in [3.63, 3.8) is 0 Å². The number of aliphatic hydroxyl groups excluding tert-OH is 1. The second kappa shape index (κ2) is 7.91. The molecule has 8 nitrogen and oxygen atoms in total. The number of halogens is 3. The largest absolute Gasteiger partial charge is 0.491 e. The van der Waals surface area contributed by atoms with E-state index >= 15 is 0 Å². The van der Waals surface area contributed by atoms with Crippen molar-refractivity contribution in [2.24, 2.45) is 7.05 Å². The molecule has 4 aromatic rings. The van der Waals surface area contributed by atoms with Crippen LogP contribution in [0.2, 0.25) is 0 Å². The monoisotopic (exact) mass is 433 g/mol. The van der Waals surface area contributed by atoms with E-state index in [9.17, 15) is 18.0 Å². The van der Waals surface area contributed by atoms with Crippen LogP contribution >= 0.6 is 0 Å². The fraction of sp³-hybridized carbons (Fsp3) is 0.250. The summed E-state index contributed by atoms with van der Waals surface area (Å²) >= 11 is 0. The highest BCUT2D eigenvalue weighted by atomic mass is 19.4. The summed E-state index contributed by atoms with van der Waals surface area (Å²) in [5.74, 6) is 0.626. The average Bonchev–Trinajstić information content (AvgIpc) is 3.18. The third kappa shape index (κ3) is 3.79. The Balaban J connectivity index is 1.73. The quantitative estimate of drug-likeness (QED) is 0.486. The summed E-state index contributed by atoms with van der Waals surface area (Å²) in [5.41, 5.74) is -0.747. The predicted molar refractivity (Wildman–Crippen MR) is 107 cm³/mol. The minimum atomic E-state index is -4.62. The van der Waals surface area contributed by atoms with Crippen molar-refractivity contribution in [2.75, 3.05) is 18.5 Å².